The molecule has 0 radical (unpaired) electrons. The molecule has 1 amide bonds. The van der Waals surface area contributed by atoms with Crippen LogP contribution in [0.4, 0.5) is 5.69 Å². The van der Waals surface area contributed by atoms with E-state index in [1.807, 2.05) is 51.1 Å². The fourth-order valence-corrected chi connectivity index (χ4v) is 2.83. The Kier molecular flexibility index (Phi) is 7.34. The predicted octanol–water partition coefficient (Wildman–Crippen LogP) is 5.02. The number of anilines is 1. The van der Waals surface area contributed by atoms with Crippen molar-refractivity contribution >= 4 is 63.7 Å². The number of halogens is 3. The molecule has 0 aromatic heterocycles. The van der Waals surface area contributed by atoms with Crippen molar-refractivity contribution in [3.63, 3.8) is 0 Å². The van der Waals surface area contributed by atoms with Crippen LogP contribution in [0.3, 0.4) is 0 Å². The average Bonchev–Trinajstić information content (AvgIpc) is 2.57. The molecule has 0 aliphatic heterocycles. The molecule has 27 heavy (non-hydrogen) atoms. The van der Waals surface area contributed by atoms with Crippen molar-refractivity contribution in [1.29, 1.82) is 0 Å². The van der Waals surface area contributed by atoms with Crippen molar-refractivity contribution in [2.45, 2.75) is 30.7 Å². The van der Waals surface area contributed by atoms with Gasteiger partial charge in [0.15, 0.2) is 5.11 Å². The maximum absolute atomic E-state index is 12.5. The first-order valence-corrected chi connectivity index (χ1v) is 9.69. The molecule has 2 aromatic carbocycles. The van der Waals surface area contributed by atoms with Gasteiger partial charge in [0.1, 0.15) is 6.17 Å². The highest BCUT2D eigenvalue weighted by molar-refractivity contribution is 7.80. The van der Waals surface area contributed by atoms with E-state index in [1.54, 1.807) is 12.1 Å². The van der Waals surface area contributed by atoms with Crippen molar-refractivity contribution in [3.05, 3.63) is 64.7 Å². The number of hydrogen-bond acceptors (Lipinski definition) is 2. The third-order valence-corrected chi connectivity index (χ3v) is 4.71. The molecule has 0 spiro atoms. The number of alkyl halides is 3. The van der Waals surface area contributed by atoms with Crippen LogP contribution in [0.15, 0.2) is 42.5 Å². The fourth-order valence-electron chi connectivity index (χ4n) is 2.28. The average molecular weight is 445 g/mol. The second-order valence-electron chi connectivity index (χ2n) is 6.23. The van der Waals surface area contributed by atoms with Crippen LogP contribution in [0.25, 0.3) is 0 Å². The molecule has 8 heteroatoms. The van der Waals surface area contributed by atoms with Gasteiger partial charge >= 0.3 is 0 Å². The van der Waals surface area contributed by atoms with Gasteiger partial charge < -0.3 is 16.0 Å². The molecule has 0 unspecified atom stereocenters. The van der Waals surface area contributed by atoms with Crippen molar-refractivity contribution in [2.75, 3.05) is 5.32 Å². The maximum atomic E-state index is 12.5. The van der Waals surface area contributed by atoms with E-state index in [-0.39, 0.29) is 11.0 Å². The highest BCUT2D eigenvalue weighted by Gasteiger charge is 2.34. The van der Waals surface area contributed by atoms with Crippen molar-refractivity contribution < 1.29 is 4.79 Å². The van der Waals surface area contributed by atoms with Crippen LogP contribution in [0.2, 0.25) is 0 Å². The van der Waals surface area contributed by atoms with Gasteiger partial charge in [-0.25, -0.2) is 0 Å². The summed E-state index contributed by atoms with van der Waals surface area (Å²) < 4.78 is -1.81. The Morgan fingerprint density at radius 2 is 1.56 bits per heavy atom. The number of carbonyl (C=O) groups excluding carboxylic acids is 1. The zero-order valence-corrected chi connectivity index (χ0v) is 18.2. The molecule has 0 fully saturated rings. The molecule has 2 aromatic rings. The Bertz CT molecular complexity index is 835. The van der Waals surface area contributed by atoms with E-state index in [0.29, 0.717) is 5.56 Å². The minimum atomic E-state index is -1.81. The van der Waals surface area contributed by atoms with Crippen LogP contribution in [-0.4, -0.2) is 21.0 Å². The number of benzene rings is 2. The molecule has 0 aliphatic carbocycles. The summed E-state index contributed by atoms with van der Waals surface area (Å²) in [6.07, 6.45) is -1.03. The molecule has 4 nitrogen and oxygen atoms in total. The van der Waals surface area contributed by atoms with Crippen LogP contribution in [0.1, 0.15) is 27.0 Å². The number of amides is 1. The number of thiocarbonyl (C=S) groups is 1. The van der Waals surface area contributed by atoms with Crippen LogP contribution in [-0.2, 0) is 0 Å². The highest BCUT2D eigenvalue weighted by Crippen LogP contribution is 2.29. The van der Waals surface area contributed by atoms with E-state index in [4.69, 9.17) is 47.0 Å². The van der Waals surface area contributed by atoms with Gasteiger partial charge in [0.05, 0.1) is 0 Å². The lowest BCUT2D eigenvalue weighted by molar-refractivity contribution is 0.0934. The first kappa shape index (κ1) is 21.8. The van der Waals surface area contributed by atoms with Crippen molar-refractivity contribution in [3.8, 4) is 0 Å². The molecule has 3 N–H and O–H groups in total. The van der Waals surface area contributed by atoms with Gasteiger partial charge in [0, 0.05) is 11.3 Å². The zero-order chi connectivity index (χ0) is 20.2. The summed E-state index contributed by atoms with van der Waals surface area (Å²) in [5.74, 6) is -0.381. The number of hydrogen-bond donors (Lipinski definition) is 3. The molecule has 144 valence electrons. The van der Waals surface area contributed by atoms with Gasteiger partial charge in [0.2, 0.25) is 3.79 Å². The third kappa shape index (κ3) is 6.54. The summed E-state index contributed by atoms with van der Waals surface area (Å²) in [6.45, 7) is 5.87. The Morgan fingerprint density at radius 3 is 2.15 bits per heavy atom. The van der Waals surface area contributed by atoms with Crippen LogP contribution >= 0.6 is 47.0 Å². The first-order chi connectivity index (χ1) is 12.6. The lowest BCUT2D eigenvalue weighted by Crippen LogP contribution is -2.56. The first-order valence-electron chi connectivity index (χ1n) is 8.15. The van der Waals surface area contributed by atoms with Gasteiger partial charge in [-0.05, 0) is 62.3 Å². The number of carbonyl (C=O) groups is 1. The summed E-state index contributed by atoms with van der Waals surface area (Å²) in [7, 11) is 0. The van der Waals surface area contributed by atoms with Gasteiger partial charge in [-0.3, -0.25) is 4.79 Å². The largest absolute Gasteiger partial charge is 0.339 e. The second-order valence-corrected chi connectivity index (χ2v) is 9.01. The molecular formula is C19H20Cl3N3OS. The maximum Gasteiger partial charge on any atom is 0.252 e. The van der Waals surface area contributed by atoms with Gasteiger partial charge in [-0.15, -0.1) is 0 Å². The van der Waals surface area contributed by atoms with Crippen LogP contribution in [0.5, 0.6) is 0 Å². The summed E-state index contributed by atoms with van der Waals surface area (Å²) in [4.78, 5) is 12.5. The van der Waals surface area contributed by atoms with E-state index >= 15 is 0 Å². The molecule has 0 heterocycles. The van der Waals surface area contributed by atoms with Crippen LogP contribution in [0, 0.1) is 20.8 Å². The van der Waals surface area contributed by atoms with E-state index in [2.05, 4.69) is 16.0 Å². The lowest BCUT2D eigenvalue weighted by Gasteiger charge is -2.28. The Labute approximate surface area is 179 Å². The van der Waals surface area contributed by atoms with E-state index in [1.165, 1.54) is 0 Å². The van der Waals surface area contributed by atoms with Crippen LogP contribution < -0.4 is 16.0 Å². The smallest absolute Gasteiger partial charge is 0.252 e. The van der Waals surface area contributed by atoms with E-state index in [0.717, 1.165) is 22.4 Å². The molecule has 0 bridgehead atoms. The quantitative estimate of drug-likeness (QED) is 0.352. The molecular weight excluding hydrogens is 425 g/mol. The molecule has 2 rings (SSSR count). The minimum absolute atomic E-state index is 0.226. The zero-order valence-electron chi connectivity index (χ0n) is 15.1. The summed E-state index contributed by atoms with van der Waals surface area (Å²) in [5.41, 5.74) is 4.42. The Hall–Kier alpha value is -1.53. The summed E-state index contributed by atoms with van der Waals surface area (Å²) >= 11 is 23.4. The standard InChI is InChI=1S/C19H20Cl3N3OS/c1-11-5-8-14(9-6-11)16(26)24-17(19(20,21)22)25-18(27)23-15-10-12(2)4-7-13(15)3/h4-10,17H,1-3H3,(H,24,26)(H2,23,25,27)/t17-/m1/s1. The lowest BCUT2D eigenvalue weighted by atomic mass is 10.1. The number of nitrogens with one attached hydrogen (secondary N) is 3. The van der Waals surface area contributed by atoms with E-state index < -0.39 is 9.96 Å². The third-order valence-electron chi connectivity index (χ3n) is 3.83. The topological polar surface area (TPSA) is 53.2 Å². The normalized spacial score (nSPS) is 12.2. The Balaban J connectivity index is 2.10. The van der Waals surface area contributed by atoms with Crippen molar-refractivity contribution in [2.24, 2.45) is 0 Å². The number of aryl methyl sites for hydroxylation is 3. The second kappa shape index (κ2) is 9.11. The van der Waals surface area contributed by atoms with Gasteiger partial charge in [-0.2, -0.15) is 0 Å². The van der Waals surface area contributed by atoms with E-state index in [9.17, 15) is 4.79 Å². The van der Waals surface area contributed by atoms with Gasteiger partial charge in [-0.1, -0.05) is 64.6 Å². The number of rotatable bonds is 4. The molecule has 0 saturated carbocycles. The summed E-state index contributed by atoms with van der Waals surface area (Å²) in [6, 6.07) is 13.0. The molecule has 0 aliphatic rings. The monoisotopic (exact) mass is 443 g/mol. The highest BCUT2D eigenvalue weighted by atomic mass is 35.6. The SMILES string of the molecule is Cc1ccc(C(=O)N[C@H](NC(=S)Nc2cc(C)ccc2C)C(Cl)(Cl)Cl)cc1. The summed E-state index contributed by atoms with van der Waals surface area (Å²) in [5, 5.41) is 8.81. The minimum Gasteiger partial charge on any atom is -0.339 e. The molecule has 1 atom stereocenters. The fraction of sp³-hybridized carbons (Fsp3) is 0.263. The van der Waals surface area contributed by atoms with Gasteiger partial charge in [0.25, 0.3) is 5.91 Å². The molecule has 0 saturated heterocycles. The predicted molar refractivity (Wildman–Crippen MR) is 118 cm³/mol. The Morgan fingerprint density at radius 1 is 0.963 bits per heavy atom. The van der Waals surface area contributed by atoms with Crippen molar-refractivity contribution in [1.82, 2.24) is 10.6 Å².